The molecule has 1 unspecified atom stereocenters. The Hall–Kier alpha value is -1.02. The first-order valence-electron chi connectivity index (χ1n) is 7.48. The summed E-state index contributed by atoms with van der Waals surface area (Å²) in [5, 5.41) is 3.71. The van der Waals surface area contributed by atoms with Crippen molar-refractivity contribution in [2.45, 2.75) is 52.5 Å². The Morgan fingerprint density at radius 2 is 2.00 bits per heavy atom. The molecule has 1 aliphatic rings. The van der Waals surface area contributed by atoms with E-state index in [1.165, 1.54) is 36.8 Å². The van der Waals surface area contributed by atoms with Crippen LogP contribution < -0.4 is 10.1 Å². The van der Waals surface area contributed by atoms with Crippen LogP contribution >= 0.6 is 0 Å². The van der Waals surface area contributed by atoms with Gasteiger partial charge in [-0.1, -0.05) is 38.8 Å². The van der Waals surface area contributed by atoms with Crippen molar-refractivity contribution in [2.75, 3.05) is 13.7 Å². The Balaban J connectivity index is 2.30. The summed E-state index contributed by atoms with van der Waals surface area (Å²) in [5.74, 6) is 0.982. The number of methoxy groups -OCH3 is 1. The fourth-order valence-electron chi connectivity index (χ4n) is 3.52. The van der Waals surface area contributed by atoms with Gasteiger partial charge in [0.1, 0.15) is 5.75 Å². The molecular formula is C17H27NO. The van der Waals surface area contributed by atoms with Gasteiger partial charge in [-0.05, 0) is 48.9 Å². The highest BCUT2D eigenvalue weighted by atomic mass is 16.5. The van der Waals surface area contributed by atoms with Crippen LogP contribution in [0.5, 0.6) is 5.75 Å². The zero-order valence-corrected chi connectivity index (χ0v) is 12.8. The van der Waals surface area contributed by atoms with Crippen molar-refractivity contribution in [3.8, 4) is 5.75 Å². The largest absolute Gasteiger partial charge is 0.496 e. The molecule has 1 N–H and O–H groups in total. The van der Waals surface area contributed by atoms with Crippen LogP contribution in [-0.2, 0) is 0 Å². The van der Waals surface area contributed by atoms with Gasteiger partial charge in [0.25, 0.3) is 0 Å². The second-order valence-electron chi connectivity index (χ2n) is 6.08. The third-order valence-corrected chi connectivity index (χ3v) is 4.60. The van der Waals surface area contributed by atoms with E-state index >= 15 is 0 Å². The lowest BCUT2D eigenvalue weighted by Crippen LogP contribution is -2.34. The minimum absolute atomic E-state index is 0.400. The van der Waals surface area contributed by atoms with Crippen LogP contribution in [-0.4, -0.2) is 13.7 Å². The van der Waals surface area contributed by atoms with Crippen molar-refractivity contribution in [3.05, 3.63) is 29.3 Å². The predicted octanol–water partition coefficient (Wildman–Crippen LogP) is 4.23. The lowest BCUT2D eigenvalue weighted by molar-refractivity contribution is 0.226. The molecule has 1 atom stereocenters. The molecule has 0 amide bonds. The second-order valence-corrected chi connectivity index (χ2v) is 6.08. The van der Waals surface area contributed by atoms with Gasteiger partial charge in [-0.3, -0.25) is 0 Å². The number of hydrogen-bond donors (Lipinski definition) is 1. The zero-order valence-electron chi connectivity index (χ0n) is 12.8. The normalized spacial score (nSPS) is 19.4. The third kappa shape index (κ3) is 2.94. The molecule has 0 aliphatic heterocycles. The first-order valence-corrected chi connectivity index (χ1v) is 7.48. The molecule has 1 aromatic carbocycles. The lowest BCUT2D eigenvalue weighted by Gasteiger charge is -2.35. The average molecular weight is 261 g/mol. The Bertz CT molecular complexity index is 421. The van der Waals surface area contributed by atoms with Crippen molar-refractivity contribution in [2.24, 2.45) is 5.41 Å². The van der Waals surface area contributed by atoms with E-state index in [0.29, 0.717) is 11.5 Å². The van der Waals surface area contributed by atoms with Crippen molar-refractivity contribution < 1.29 is 4.74 Å². The molecule has 1 aromatic rings. The molecule has 0 heterocycles. The number of ether oxygens (including phenoxy) is 1. The summed E-state index contributed by atoms with van der Waals surface area (Å²) in [4.78, 5) is 0. The third-order valence-electron chi connectivity index (χ3n) is 4.60. The zero-order chi connectivity index (χ0) is 13.9. The van der Waals surface area contributed by atoms with Crippen molar-refractivity contribution in [3.63, 3.8) is 0 Å². The molecule has 1 saturated carbocycles. The first kappa shape index (κ1) is 14.4. The van der Waals surface area contributed by atoms with Gasteiger partial charge in [-0.15, -0.1) is 0 Å². The lowest BCUT2D eigenvalue weighted by atomic mass is 9.77. The quantitative estimate of drug-likeness (QED) is 0.856. The van der Waals surface area contributed by atoms with Crippen LogP contribution in [0, 0.1) is 12.3 Å². The maximum Gasteiger partial charge on any atom is 0.121 e. The molecule has 0 radical (unpaired) electrons. The van der Waals surface area contributed by atoms with Crippen LogP contribution in [0.2, 0.25) is 0 Å². The van der Waals surface area contributed by atoms with Crippen molar-refractivity contribution >= 4 is 0 Å². The number of nitrogens with one attached hydrogen (secondary N) is 1. The molecule has 19 heavy (non-hydrogen) atoms. The van der Waals surface area contributed by atoms with E-state index in [2.05, 4.69) is 44.3 Å². The van der Waals surface area contributed by atoms with Gasteiger partial charge in [0.05, 0.1) is 7.11 Å². The Morgan fingerprint density at radius 3 is 2.53 bits per heavy atom. The highest BCUT2D eigenvalue weighted by Crippen LogP contribution is 2.47. The first-order chi connectivity index (χ1) is 9.10. The molecule has 2 nitrogen and oxygen atoms in total. The molecule has 0 spiro atoms. The SMILES string of the molecule is CCNC(c1ccc(OC)c(C)c1)C1(C)CCCC1. The summed E-state index contributed by atoms with van der Waals surface area (Å²) in [6.07, 6.45) is 5.40. The van der Waals surface area contributed by atoms with Crippen LogP contribution in [0.15, 0.2) is 18.2 Å². The van der Waals surface area contributed by atoms with E-state index in [0.717, 1.165) is 12.3 Å². The van der Waals surface area contributed by atoms with E-state index in [1.54, 1.807) is 7.11 Å². The maximum absolute atomic E-state index is 5.37. The molecule has 2 rings (SSSR count). The number of rotatable bonds is 5. The fraction of sp³-hybridized carbons (Fsp3) is 0.647. The van der Waals surface area contributed by atoms with E-state index in [-0.39, 0.29) is 0 Å². The Morgan fingerprint density at radius 1 is 1.32 bits per heavy atom. The van der Waals surface area contributed by atoms with Gasteiger partial charge in [0.2, 0.25) is 0 Å². The van der Waals surface area contributed by atoms with Gasteiger partial charge in [0, 0.05) is 6.04 Å². The maximum atomic E-state index is 5.37. The average Bonchev–Trinajstić information content (AvgIpc) is 2.83. The monoisotopic (exact) mass is 261 g/mol. The summed E-state index contributed by atoms with van der Waals surface area (Å²) in [6.45, 7) is 7.78. The molecule has 106 valence electrons. The van der Waals surface area contributed by atoms with E-state index in [1.807, 2.05) is 0 Å². The molecule has 1 fully saturated rings. The molecule has 2 heteroatoms. The van der Waals surface area contributed by atoms with Gasteiger partial charge >= 0.3 is 0 Å². The van der Waals surface area contributed by atoms with E-state index in [9.17, 15) is 0 Å². The Kier molecular flexibility index (Phi) is 4.51. The summed E-state index contributed by atoms with van der Waals surface area (Å²) in [5.41, 5.74) is 3.03. The predicted molar refractivity (Wildman–Crippen MR) is 80.7 cm³/mol. The number of aryl methyl sites for hydroxylation is 1. The highest BCUT2D eigenvalue weighted by Gasteiger charge is 2.37. The molecular weight excluding hydrogens is 234 g/mol. The van der Waals surface area contributed by atoms with Crippen molar-refractivity contribution in [1.82, 2.24) is 5.32 Å². The summed E-state index contributed by atoms with van der Waals surface area (Å²) >= 11 is 0. The van der Waals surface area contributed by atoms with Crippen molar-refractivity contribution in [1.29, 1.82) is 0 Å². The summed E-state index contributed by atoms with van der Waals surface area (Å²) < 4.78 is 5.37. The summed E-state index contributed by atoms with van der Waals surface area (Å²) in [7, 11) is 1.74. The molecule has 0 bridgehead atoms. The van der Waals surface area contributed by atoms with Gasteiger partial charge in [0.15, 0.2) is 0 Å². The smallest absolute Gasteiger partial charge is 0.121 e. The Labute approximate surface area is 117 Å². The molecule has 1 aliphatic carbocycles. The van der Waals surface area contributed by atoms with Crippen LogP contribution in [0.4, 0.5) is 0 Å². The summed E-state index contributed by atoms with van der Waals surface area (Å²) in [6, 6.07) is 7.08. The standard InChI is InChI=1S/C17H27NO/c1-5-18-16(17(3)10-6-7-11-17)14-8-9-15(19-4)13(2)12-14/h8-9,12,16,18H,5-7,10-11H2,1-4H3. The van der Waals surface area contributed by atoms with Crippen LogP contribution in [0.3, 0.4) is 0 Å². The second kappa shape index (κ2) is 5.96. The van der Waals surface area contributed by atoms with Gasteiger partial charge in [-0.2, -0.15) is 0 Å². The topological polar surface area (TPSA) is 21.3 Å². The molecule has 0 saturated heterocycles. The fourth-order valence-corrected chi connectivity index (χ4v) is 3.52. The van der Waals surface area contributed by atoms with Crippen LogP contribution in [0.1, 0.15) is 56.7 Å². The van der Waals surface area contributed by atoms with Gasteiger partial charge in [-0.25, -0.2) is 0 Å². The van der Waals surface area contributed by atoms with E-state index in [4.69, 9.17) is 4.74 Å². The minimum Gasteiger partial charge on any atom is -0.496 e. The highest BCUT2D eigenvalue weighted by molar-refractivity contribution is 5.38. The molecule has 0 aromatic heterocycles. The number of hydrogen-bond acceptors (Lipinski definition) is 2. The van der Waals surface area contributed by atoms with Gasteiger partial charge < -0.3 is 10.1 Å². The van der Waals surface area contributed by atoms with Crippen LogP contribution in [0.25, 0.3) is 0 Å². The minimum atomic E-state index is 0.400. The number of benzene rings is 1. The van der Waals surface area contributed by atoms with E-state index < -0.39 is 0 Å².